The highest BCUT2D eigenvalue weighted by molar-refractivity contribution is 7.92. The number of aromatic nitrogens is 1. The molecule has 2 aromatic heterocycles. The summed E-state index contributed by atoms with van der Waals surface area (Å²) >= 11 is 2.88. The van der Waals surface area contributed by atoms with Gasteiger partial charge >= 0.3 is 0 Å². The molecule has 0 fully saturated rings. The number of thiazole rings is 1. The molecule has 8 heteroatoms. The summed E-state index contributed by atoms with van der Waals surface area (Å²) in [5, 5.41) is 5.97. The zero-order valence-corrected chi connectivity index (χ0v) is 16.4. The van der Waals surface area contributed by atoms with Crippen LogP contribution in [0.4, 0.5) is 5.00 Å². The van der Waals surface area contributed by atoms with Crippen LogP contribution in [0.2, 0.25) is 0 Å². The Hall–Kier alpha value is -2.55. The van der Waals surface area contributed by atoms with Crippen molar-refractivity contribution in [2.45, 2.75) is 4.90 Å². The lowest BCUT2D eigenvalue weighted by atomic mass is 10.3. The fourth-order valence-corrected chi connectivity index (χ4v) is 5.63. The molecule has 0 aliphatic heterocycles. The molecule has 0 radical (unpaired) electrons. The maximum absolute atomic E-state index is 12.4. The van der Waals surface area contributed by atoms with Gasteiger partial charge in [0.25, 0.3) is 0 Å². The SMILES string of the molecule is O=C(CS(=O)(=O)c1ccccc1)Nc1sccc1-c1nc2ccccc2s1. The molecule has 0 aliphatic rings. The van der Waals surface area contributed by atoms with Crippen LogP contribution in [0.25, 0.3) is 20.8 Å². The number of carbonyl (C=O) groups excluding carboxylic acids is 1. The number of nitrogens with zero attached hydrogens (tertiary/aromatic N) is 1. The molecular weight excluding hydrogens is 400 g/mol. The number of nitrogens with one attached hydrogen (secondary N) is 1. The Morgan fingerprint density at radius 1 is 1.00 bits per heavy atom. The third-order valence-corrected chi connectivity index (χ3v) is 7.40. The zero-order chi connectivity index (χ0) is 18.9. The molecule has 0 spiro atoms. The van der Waals surface area contributed by atoms with E-state index in [-0.39, 0.29) is 4.90 Å². The van der Waals surface area contributed by atoms with Gasteiger partial charge in [-0.1, -0.05) is 30.3 Å². The van der Waals surface area contributed by atoms with E-state index in [1.807, 2.05) is 35.7 Å². The lowest BCUT2D eigenvalue weighted by Gasteiger charge is -2.06. The molecule has 0 saturated heterocycles. The monoisotopic (exact) mass is 414 g/mol. The van der Waals surface area contributed by atoms with Gasteiger partial charge in [-0.05, 0) is 35.7 Å². The smallest absolute Gasteiger partial charge is 0.240 e. The van der Waals surface area contributed by atoms with E-state index in [0.29, 0.717) is 5.00 Å². The van der Waals surface area contributed by atoms with E-state index in [0.717, 1.165) is 20.8 Å². The molecular formula is C19H14N2O3S3. The molecule has 0 unspecified atom stereocenters. The summed E-state index contributed by atoms with van der Waals surface area (Å²) in [6.45, 7) is 0. The second kappa shape index (κ2) is 7.22. The predicted molar refractivity (Wildman–Crippen MR) is 110 cm³/mol. The van der Waals surface area contributed by atoms with Crippen molar-refractivity contribution in [1.29, 1.82) is 0 Å². The number of hydrogen-bond donors (Lipinski definition) is 1. The number of thiophene rings is 1. The third kappa shape index (κ3) is 3.78. The lowest BCUT2D eigenvalue weighted by molar-refractivity contribution is -0.113. The number of rotatable bonds is 5. The molecule has 2 aromatic carbocycles. The Bertz CT molecular complexity index is 1180. The van der Waals surface area contributed by atoms with Crippen LogP contribution < -0.4 is 5.32 Å². The van der Waals surface area contributed by atoms with Crippen LogP contribution in [0.5, 0.6) is 0 Å². The number of carbonyl (C=O) groups is 1. The number of hydrogen-bond acceptors (Lipinski definition) is 6. The molecule has 1 N–H and O–H groups in total. The Morgan fingerprint density at radius 3 is 2.52 bits per heavy atom. The Balaban J connectivity index is 1.56. The summed E-state index contributed by atoms with van der Waals surface area (Å²) in [6, 6.07) is 17.7. The van der Waals surface area contributed by atoms with E-state index >= 15 is 0 Å². The van der Waals surface area contributed by atoms with Crippen molar-refractivity contribution in [3.63, 3.8) is 0 Å². The Morgan fingerprint density at radius 2 is 1.74 bits per heavy atom. The van der Waals surface area contributed by atoms with Crippen LogP contribution in [0.3, 0.4) is 0 Å². The first-order valence-corrected chi connectivity index (χ1v) is 11.4. The van der Waals surface area contributed by atoms with E-state index in [1.54, 1.807) is 18.2 Å². The van der Waals surface area contributed by atoms with E-state index in [9.17, 15) is 13.2 Å². The molecule has 0 atom stereocenters. The van der Waals surface area contributed by atoms with E-state index in [4.69, 9.17) is 0 Å². The van der Waals surface area contributed by atoms with Gasteiger partial charge in [-0.15, -0.1) is 22.7 Å². The minimum atomic E-state index is -3.68. The molecule has 5 nitrogen and oxygen atoms in total. The molecule has 0 aliphatic carbocycles. The topological polar surface area (TPSA) is 76.1 Å². The average Bonchev–Trinajstić information content (AvgIpc) is 3.28. The van der Waals surface area contributed by atoms with Gasteiger partial charge in [-0.25, -0.2) is 13.4 Å². The van der Waals surface area contributed by atoms with Gasteiger partial charge in [-0.2, -0.15) is 0 Å². The summed E-state index contributed by atoms with van der Waals surface area (Å²) in [7, 11) is -3.68. The number of anilines is 1. The number of benzene rings is 2. The second-order valence-corrected chi connectivity index (χ2v) is 9.71. The third-order valence-electron chi connectivity index (χ3n) is 3.87. The number of para-hydroxylation sites is 1. The van der Waals surface area contributed by atoms with Crippen molar-refractivity contribution in [3.8, 4) is 10.6 Å². The maximum atomic E-state index is 12.4. The minimum absolute atomic E-state index is 0.137. The van der Waals surface area contributed by atoms with Gasteiger partial charge in [0.05, 0.1) is 15.1 Å². The summed E-state index contributed by atoms with van der Waals surface area (Å²) in [5.41, 5.74) is 1.69. The number of amides is 1. The van der Waals surface area contributed by atoms with Crippen molar-refractivity contribution >= 4 is 53.6 Å². The second-order valence-electron chi connectivity index (χ2n) is 5.77. The molecule has 4 rings (SSSR count). The van der Waals surface area contributed by atoms with Crippen LogP contribution in [0.1, 0.15) is 0 Å². The van der Waals surface area contributed by atoms with Crippen LogP contribution in [0.15, 0.2) is 70.9 Å². The highest BCUT2D eigenvalue weighted by Gasteiger charge is 2.21. The minimum Gasteiger partial charge on any atom is -0.316 e. The molecule has 4 aromatic rings. The predicted octanol–water partition coefficient (Wildman–Crippen LogP) is 4.44. The Kier molecular flexibility index (Phi) is 4.77. The van der Waals surface area contributed by atoms with Crippen molar-refractivity contribution in [2.24, 2.45) is 0 Å². The first kappa shape index (κ1) is 17.8. The van der Waals surface area contributed by atoms with E-state index in [1.165, 1.54) is 34.8 Å². The summed E-state index contributed by atoms with van der Waals surface area (Å²) in [5.74, 6) is -1.17. The molecule has 0 saturated carbocycles. The van der Waals surface area contributed by atoms with Crippen molar-refractivity contribution in [1.82, 2.24) is 4.98 Å². The van der Waals surface area contributed by atoms with Crippen LogP contribution in [0, 0.1) is 0 Å². The van der Waals surface area contributed by atoms with Gasteiger partial charge in [0.15, 0.2) is 9.84 Å². The van der Waals surface area contributed by atoms with Crippen molar-refractivity contribution < 1.29 is 13.2 Å². The van der Waals surface area contributed by atoms with Gasteiger partial charge in [0.1, 0.15) is 15.8 Å². The first-order valence-electron chi connectivity index (χ1n) is 8.04. The van der Waals surface area contributed by atoms with Gasteiger partial charge in [0.2, 0.25) is 5.91 Å². The quantitative estimate of drug-likeness (QED) is 0.524. The maximum Gasteiger partial charge on any atom is 0.240 e. The highest BCUT2D eigenvalue weighted by atomic mass is 32.2. The number of fused-ring (bicyclic) bond motifs is 1. The zero-order valence-electron chi connectivity index (χ0n) is 14.0. The van der Waals surface area contributed by atoms with E-state index < -0.39 is 21.5 Å². The Labute approximate surface area is 164 Å². The molecule has 2 heterocycles. The van der Waals surface area contributed by atoms with E-state index in [2.05, 4.69) is 10.3 Å². The molecule has 27 heavy (non-hydrogen) atoms. The van der Waals surface area contributed by atoms with Crippen molar-refractivity contribution in [3.05, 3.63) is 66.0 Å². The molecule has 1 amide bonds. The fraction of sp³-hybridized carbons (Fsp3) is 0.0526. The fourth-order valence-electron chi connectivity index (χ4n) is 2.61. The van der Waals surface area contributed by atoms with Crippen LogP contribution in [-0.4, -0.2) is 25.1 Å². The largest absolute Gasteiger partial charge is 0.316 e. The molecule has 136 valence electrons. The normalized spacial score (nSPS) is 11.6. The van der Waals surface area contributed by atoms with Crippen molar-refractivity contribution in [2.75, 3.05) is 11.1 Å². The highest BCUT2D eigenvalue weighted by Crippen LogP contribution is 2.37. The standard InChI is InChI=1S/C19H14N2O3S3/c22-17(12-27(23,24)13-6-2-1-3-7-13)21-18-14(10-11-25-18)19-20-15-8-4-5-9-16(15)26-19/h1-11H,12H2,(H,21,22). The van der Waals surface area contributed by atoms with Crippen LogP contribution >= 0.6 is 22.7 Å². The first-order chi connectivity index (χ1) is 13.0. The lowest BCUT2D eigenvalue weighted by Crippen LogP contribution is -2.22. The van der Waals surface area contributed by atoms with Gasteiger partial charge in [-0.3, -0.25) is 4.79 Å². The summed E-state index contributed by atoms with van der Waals surface area (Å²) in [6.07, 6.45) is 0. The number of sulfone groups is 1. The van der Waals surface area contributed by atoms with Crippen LogP contribution in [-0.2, 0) is 14.6 Å². The van der Waals surface area contributed by atoms with Gasteiger partial charge in [0, 0.05) is 5.56 Å². The molecule has 0 bridgehead atoms. The summed E-state index contributed by atoms with van der Waals surface area (Å²) in [4.78, 5) is 17.1. The summed E-state index contributed by atoms with van der Waals surface area (Å²) < 4.78 is 25.8. The van der Waals surface area contributed by atoms with Gasteiger partial charge < -0.3 is 5.32 Å². The average molecular weight is 415 g/mol.